The second kappa shape index (κ2) is 9.36. The third-order valence-corrected chi connectivity index (χ3v) is 6.97. The Labute approximate surface area is 154 Å². The zero-order valence-corrected chi connectivity index (χ0v) is 16.6. The monoisotopic (exact) mass is 349 g/mol. The fourth-order valence-corrected chi connectivity index (χ4v) is 4.91. The zero-order valence-electron chi connectivity index (χ0n) is 16.6. The highest BCUT2D eigenvalue weighted by molar-refractivity contribution is 5.79. The van der Waals surface area contributed by atoms with Crippen LogP contribution >= 0.6 is 0 Å². The highest BCUT2D eigenvalue weighted by atomic mass is 16.2. The fourth-order valence-electron chi connectivity index (χ4n) is 4.91. The summed E-state index contributed by atoms with van der Waals surface area (Å²) in [5.41, 5.74) is 0. The Bertz CT molecular complexity index is 403. The van der Waals surface area contributed by atoms with Crippen LogP contribution in [0, 0.1) is 17.8 Å². The predicted octanol–water partition coefficient (Wildman–Crippen LogP) is 3.08. The van der Waals surface area contributed by atoms with E-state index in [0.29, 0.717) is 11.8 Å². The van der Waals surface area contributed by atoms with Crippen LogP contribution in [0.25, 0.3) is 0 Å². The molecule has 0 atom stereocenters. The van der Waals surface area contributed by atoms with Gasteiger partial charge < -0.3 is 9.80 Å². The molecule has 3 rings (SSSR count). The molecule has 0 unspecified atom stereocenters. The van der Waals surface area contributed by atoms with Gasteiger partial charge in [-0.25, -0.2) is 0 Å². The first kappa shape index (κ1) is 19.2. The largest absolute Gasteiger partial charge is 0.340 e. The molecule has 0 aromatic rings. The summed E-state index contributed by atoms with van der Waals surface area (Å²) in [6, 6.07) is 0. The Morgan fingerprint density at radius 2 is 1.52 bits per heavy atom. The van der Waals surface area contributed by atoms with Crippen LogP contribution in [-0.2, 0) is 4.79 Å². The molecule has 0 spiro atoms. The molecule has 4 heteroatoms. The standard InChI is InChI=1S/C21H39N3O/c1-18-5-7-20(8-6-18)21(25)24-16-14-23(15-17-24)11-3-4-19-9-12-22(2)13-10-19/h18-20H,3-17H2,1-2H3/t18-,20-. The van der Waals surface area contributed by atoms with Crippen molar-refractivity contribution < 1.29 is 4.79 Å². The van der Waals surface area contributed by atoms with E-state index in [2.05, 4.69) is 28.7 Å². The summed E-state index contributed by atoms with van der Waals surface area (Å²) in [5, 5.41) is 0. The molecule has 1 saturated carbocycles. The van der Waals surface area contributed by atoms with Crippen molar-refractivity contribution in [3.63, 3.8) is 0 Å². The average molecular weight is 350 g/mol. The van der Waals surface area contributed by atoms with E-state index in [1.807, 2.05) is 0 Å². The van der Waals surface area contributed by atoms with Crippen molar-refractivity contribution in [2.75, 3.05) is 52.9 Å². The highest BCUT2D eigenvalue weighted by Crippen LogP contribution is 2.30. The Balaban J connectivity index is 1.30. The van der Waals surface area contributed by atoms with Crippen LogP contribution in [0.3, 0.4) is 0 Å². The molecule has 144 valence electrons. The van der Waals surface area contributed by atoms with Gasteiger partial charge in [0.25, 0.3) is 0 Å². The van der Waals surface area contributed by atoms with Gasteiger partial charge in [0.15, 0.2) is 0 Å². The number of piperidine rings is 1. The van der Waals surface area contributed by atoms with Gasteiger partial charge in [0.05, 0.1) is 0 Å². The second-order valence-corrected chi connectivity index (χ2v) is 9.01. The Morgan fingerprint density at radius 1 is 0.880 bits per heavy atom. The van der Waals surface area contributed by atoms with Crippen LogP contribution in [-0.4, -0.2) is 73.5 Å². The molecule has 2 heterocycles. The lowest BCUT2D eigenvalue weighted by Gasteiger charge is -2.38. The summed E-state index contributed by atoms with van der Waals surface area (Å²) < 4.78 is 0. The molecule has 2 aliphatic heterocycles. The van der Waals surface area contributed by atoms with Gasteiger partial charge in [0, 0.05) is 32.1 Å². The number of amides is 1. The molecule has 0 aromatic carbocycles. The van der Waals surface area contributed by atoms with Gasteiger partial charge >= 0.3 is 0 Å². The van der Waals surface area contributed by atoms with Crippen molar-refractivity contribution >= 4 is 5.91 Å². The van der Waals surface area contributed by atoms with E-state index in [0.717, 1.165) is 50.9 Å². The molecule has 25 heavy (non-hydrogen) atoms. The van der Waals surface area contributed by atoms with Crippen LogP contribution in [0.2, 0.25) is 0 Å². The molecule has 0 aromatic heterocycles. The zero-order chi connectivity index (χ0) is 17.6. The van der Waals surface area contributed by atoms with Crippen LogP contribution < -0.4 is 0 Å². The third-order valence-electron chi connectivity index (χ3n) is 6.97. The van der Waals surface area contributed by atoms with Crippen molar-refractivity contribution in [2.24, 2.45) is 17.8 Å². The summed E-state index contributed by atoms with van der Waals surface area (Å²) >= 11 is 0. The number of nitrogens with zero attached hydrogens (tertiary/aromatic N) is 3. The lowest BCUT2D eigenvalue weighted by molar-refractivity contribution is -0.138. The predicted molar refractivity (Wildman–Crippen MR) is 104 cm³/mol. The lowest BCUT2D eigenvalue weighted by atomic mass is 9.82. The smallest absolute Gasteiger partial charge is 0.225 e. The summed E-state index contributed by atoms with van der Waals surface area (Å²) in [7, 11) is 2.24. The number of hydrogen-bond donors (Lipinski definition) is 0. The van der Waals surface area contributed by atoms with Crippen molar-refractivity contribution in [1.82, 2.24) is 14.7 Å². The van der Waals surface area contributed by atoms with E-state index < -0.39 is 0 Å². The Kier molecular flexibility index (Phi) is 7.18. The van der Waals surface area contributed by atoms with Gasteiger partial charge in [-0.3, -0.25) is 9.69 Å². The van der Waals surface area contributed by atoms with E-state index in [9.17, 15) is 4.79 Å². The van der Waals surface area contributed by atoms with E-state index >= 15 is 0 Å². The topological polar surface area (TPSA) is 26.8 Å². The third kappa shape index (κ3) is 5.68. The summed E-state index contributed by atoms with van der Waals surface area (Å²) in [6.45, 7) is 10.2. The number of piperazine rings is 1. The maximum absolute atomic E-state index is 12.7. The van der Waals surface area contributed by atoms with Crippen molar-refractivity contribution in [1.29, 1.82) is 0 Å². The number of rotatable bonds is 5. The van der Waals surface area contributed by atoms with E-state index in [-0.39, 0.29) is 0 Å². The maximum Gasteiger partial charge on any atom is 0.225 e. The number of carbonyl (C=O) groups excluding carboxylic acids is 1. The quantitative estimate of drug-likeness (QED) is 0.763. The molecule has 1 aliphatic carbocycles. The summed E-state index contributed by atoms with van der Waals surface area (Å²) in [5.74, 6) is 2.56. The van der Waals surface area contributed by atoms with Gasteiger partial charge in [-0.1, -0.05) is 6.92 Å². The minimum atomic E-state index is 0.326. The average Bonchev–Trinajstić information content (AvgIpc) is 2.64. The first-order valence-corrected chi connectivity index (χ1v) is 10.8. The molecule has 1 amide bonds. The van der Waals surface area contributed by atoms with Crippen molar-refractivity contribution in [3.8, 4) is 0 Å². The second-order valence-electron chi connectivity index (χ2n) is 9.01. The first-order chi connectivity index (χ1) is 12.1. The minimum absolute atomic E-state index is 0.326. The first-order valence-electron chi connectivity index (χ1n) is 10.8. The van der Waals surface area contributed by atoms with E-state index in [1.54, 1.807) is 0 Å². The van der Waals surface area contributed by atoms with E-state index in [1.165, 1.54) is 58.2 Å². The van der Waals surface area contributed by atoms with Crippen molar-refractivity contribution in [3.05, 3.63) is 0 Å². The SMILES string of the molecule is CN1CCC(CCCN2CCN(C(=O)[C@H]3CC[C@H](C)CC3)CC2)CC1. The highest BCUT2D eigenvalue weighted by Gasteiger charge is 2.30. The Morgan fingerprint density at radius 3 is 2.16 bits per heavy atom. The lowest BCUT2D eigenvalue weighted by Crippen LogP contribution is -2.50. The molecular formula is C21H39N3O. The van der Waals surface area contributed by atoms with Crippen LogP contribution in [0.4, 0.5) is 0 Å². The fraction of sp³-hybridized carbons (Fsp3) is 0.952. The Hall–Kier alpha value is -0.610. The molecule has 0 radical (unpaired) electrons. The van der Waals surface area contributed by atoms with Crippen LogP contribution in [0.15, 0.2) is 0 Å². The maximum atomic E-state index is 12.7. The van der Waals surface area contributed by atoms with Crippen LogP contribution in [0.5, 0.6) is 0 Å². The molecule has 0 bridgehead atoms. The molecule has 2 saturated heterocycles. The molecule has 0 N–H and O–H groups in total. The molecule has 3 fully saturated rings. The van der Waals surface area contributed by atoms with Crippen LogP contribution in [0.1, 0.15) is 58.3 Å². The number of carbonyl (C=O) groups is 1. The van der Waals surface area contributed by atoms with E-state index in [4.69, 9.17) is 0 Å². The normalized spacial score (nSPS) is 30.6. The van der Waals surface area contributed by atoms with Gasteiger partial charge in [-0.2, -0.15) is 0 Å². The van der Waals surface area contributed by atoms with Gasteiger partial charge in [-0.15, -0.1) is 0 Å². The van der Waals surface area contributed by atoms with Gasteiger partial charge in [0.1, 0.15) is 0 Å². The molecule has 4 nitrogen and oxygen atoms in total. The van der Waals surface area contributed by atoms with Gasteiger partial charge in [-0.05, 0) is 89.9 Å². The summed E-state index contributed by atoms with van der Waals surface area (Å²) in [4.78, 5) is 19.9. The molecule has 3 aliphatic rings. The van der Waals surface area contributed by atoms with Gasteiger partial charge in [0.2, 0.25) is 5.91 Å². The minimum Gasteiger partial charge on any atom is -0.340 e. The summed E-state index contributed by atoms with van der Waals surface area (Å²) in [6.07, 6.45) is 10.2. The molecular weight excluding hydrogens is 310 g/mol. The number of likely N-dealkylation sites (tertiary alicyclic amines) is 1. The van der Waals surface area contributed by atoms with Crippen molar-refractivity contribution in [2.45, 2.75) is 58.3 Å². The number of hydrogen-bond acceptors (Lipinski definition) is 3.